The van der Waals surface area contributed by atoms with Crippen LogP contribution in [0, 0.1) is 0 Å². The molecule has 1 aliphatic heterocycles. The predicted molar refractivity (Wildman–Crippen MR) is 90.0 cm³/mol. The summed E-state index contributed by atoms with van der Waals surface area (Å²) in [6.45, 7) is 3.40. The molecular weight excluding hydrogens is 290 g/mol. The van der Waals surface area contributed by atoms with Crippen LogP contribution in [0.1, 0.15) is 31.7 Å². The summed E-state index contributed by atoms with van der Waals surface area (Å²) in [7, 11) is 0. The lowest BCUT2D eigenvalue weighted by Crippen LogP contribution is -2.48. The maximum Gasteiger partial charge on any atom is 0.245 e. The highest BCUT2D eigenvalue weighted by Crippen LogP contribution is 2.20. The Labute approximate surface area is 136 Å². The molecule has 2 heterocycles. The molecule has 2 aromatic rings. The van der Waals surface area contributed by atoms with Gasteiger partial charge in [0.25, 0.3) is 0 Å². The number of rotatable bonds is 5. The highest BCUT2D eigenvalue weighted by molar-refractivity contribution is 5.89. The molecule has 0 unspecified atom stereocenters. The fraction of sp³-hybridized carbons (Fsp3) is 0.444. The van der Waals surface area contributed by atoms with Crippen molar-refractivity contribution in [2.24, 2.45) is 0 Å². The Bertz CT molecular complexity index is 701. The second kappa shape index (κ2) is 6.86. The number of nitrogens with one attached hydrogen (secondary N) is 2. The van der Waals surface area contributed by atoms with Crippen molar-refractivity contribution in [2.75, 3.05) is 13.1 Å². The number of aromatic nitrogens is 1. The molecule has 1 aromatic heterocycles. The molecule has 0 radical (unpaired) electrons. The van der Waals surface area contributed by atoms with Crippen molar-refractivity contribution in [3.05, 3.63) is 36.0 Å². The number of nitrogens with zero attached hydrogens (tertiary/aromatic N) is 1. The molecule has 0 bridgehead atoms. The van der Waals surface area contributed by atoms with Gasteiger partial charge in [-0.1, -0.05) is 25.1 Å². The average molecular weight is 313 g/mol. The van der Waals surface area contributed by atoms with Gasteiger partial charge in [0, 0.05) is 43.0 Å². The summed E-state index contributed by atoms with van der Waals surface area (Å²) < 4.78 is 0. The Morgan fingerprint density at radius 1 is 1.26 bits per heavy atom. The molecule has 122 valence electrons. The van der Waals surface area contributed by atoms with Crippen molar-refractivity contribution < 1.29 is 9.59 Å². The maximum absolute atomic E-state index is 12.8. The molecule has 0 saturated carbocycles. The topological polar surface area (TPSA) is 65.2 Å². The minimum Gasteiger partial charge on any atom is -0.361 e. The molecule has 1 aromatic carbocycles. The molecule has 2 amide bonds. The monoisotopic (exact) mass is 313 g/mol. The lowest BCUT2D eigenvalue weighted by atomic mass is 10.0. The Morgan fingerprint density at radius 2 is 2.00 bits per heavy atom. The van der Waals surface area contributed by atoms with Crippen LogP contribution in [-0.2, 0) is 16.0 Å². The molecule has 0 spiro atoms. The van der Waals surface area contributed by atoms with Crippen LogP contribution >= 0.6 is 0 Å². The highest BCUT2D eigenvalue weighted by atomic mass is 16.2. The molecular formula is C18H23N3O2. The van der Waals surface area contributed by atoms with Crippen molar-refractivity contribution in [3.63, 3.8) is 0 Å². The lowest BCUT2D eigenvalue weighted by molar-refractivity contribution is -0.135. The van der Waals surface area contributed by atoms with Crippen LogP contribution in [0.15, 0.2) is 30.5 Å². The van der Waals surface area contributed by atoms with E-state index in [-0.39, 0.29) is 11.8 Å². The number of amides is 2. The van der Waals surface area contributed by atoms with E-state index in [0.717, 1.165) is 42.4 Å². The van der Waals surface area contributed by atoms with Gasteiger partial charge in [-0.2, -0.15) is 0 Å². The SMILES string of the molecule is CCC(=O)N[C@@H](Cc1c[nH]c2ccccc12)C(=O)N1CCCC1. The zero-order chi connectivity index (χ0) is 16.2. The molecule has 0 aliphatic carbocycles. The summed E-state index contributed by atoms with van der Waals surface area (Å²) in [5.41, 5.74) is 2.12. The van der Waals surface area contributed by atoms with Crippen LogP contribution in [0.5, 0.6) is 0 Å². The van der Waals surface area contributed by atoms with Gasteiger partial charge in [0.05, 0.1) is 0 Å². The number of carbonyl (C=O) groups excluding carboxylic acids is 2. The first-order chi connectivity index (χ1) is 11.2. The van der Waals surface area contributed by atoms with E-state index in [0.29, 0.717) is 12.8 Å². The minimum absolute atomic E-state index is 0.0366. The third-order valence-electron chi connectivity index (χ3n) is 4.47. The maximum atomic E-state index is 12.8. The van der Waals surface area contributed by atoms with Crippen LogP contribution in [0.25, 0.3) is 10.9 Å². The van der Waals surface area contributed by atoms with Gasteiger partial charge in [-0.15, -0.1) is 0 Å². The summed E-state index contributed by atoms with van der Waals surface area (Å²) in [6.07, 6.45) is 4.94. The van der Waals surface area contributed by atoms with Crippen molar-refractivity contribution >= 4 is 22.7 Å². The molecule has 5 heteroatoms. The lowest BCUT2D eigenvalue weighted by Gasteiger charge is -2.24. The molecule has 3 rings (SSSR count). The summed E-state index contributed by atoms with van der Waals surface area (Å²) in [6, 6.07) is 7.54. The van der Waals surface area contributed by atoms with Gasteiger partial charge in [0.1, 0.15) is 6.04 Å². The second-order valence-corrected chi connectivity index (χ2v) is 6.07. The number of aromatic amines is 1. The van der Waals surface area contributed by atoms with Crippen LogP contribution in [-0.4, -0.2) is 40.8 Å². The number of carbonyl (C=O) groups is 2. The molecule has 1 saturated heterocycles. The van der Waals surface area contributed by atoms with Crippen molar-refractivity contribution in [2.45, 2.75) is 38.6 Å². The van der Waals surface area contributed by atoms with Crippen molar-refractivity contribution in [1.29, 1.82) is 0 Å². The van der Waals surface area contributed by atoms with Gasteiger partial charge in [-0.3, -0.25) is 9.59 Å². The first-order valence-corrected chi connectivity index (χ1v) is 8.32. The van der Waals surface area contributed by atoms with Gasteiger partial charge in [-0.25, -0.2) is 0 Å². The molecule has 1 atom stereocenters. The van der Waals surface area contributed by atoms with Gasteiger partial charge < -0.3 is 15.2 Å². The third kappa shape index (κ3) is 3.38. The largest absolute Gasteiger partial charge is 0.361 e. The van der Waals surface area contributed by atoms with E-state index in [1.165, 1.54) is 0 Å². The first-order valence-electron chi connectivity index (χ1n) is 8.32. The summed E-state index contributed by atoms with van der Waals surface area (Å²) >= 11 is 0. The molecule has 2 N–H and O–H groups in total. The van der Waals surface area contributed by atoms with Crippen molar-refractivity contribution in [3.8, 4) is 0 Å². The Morgan fingerprint density at radius 3 is 2.74 bits per heavy atom. The highest BCUT2D eigenvalue weighted by Gasteiger charge is 2.28. The summed E-state index contributed by atoms with van der Waals surface area (Å²) in [5, 5.41) is 4.01. The standard InChI is InChI=1S/C18H23N3O2/c1-2-17(22)20-16(18(23)21-9-5-6-10-21)11-13-12-19-15-8-4-3-7-14(13)15/h3-4,7-8,12,16,19H,2,5-6,9-11H2,1H3,(H,20,22)/t16-/m0/s1. The summed E-state index contributed by atoms with van der Waals surface area (Å²) in [4.78, 5) is 29.7. The van der Waals surface area contributed by atoms with Gasteiger partial charge in [-0.05, 0) is 24.5 Å². The molecule has 1 fully saturated rings. The second-order valence-electron chi connectivity index (χ2n) is 6.07. The zero-order valence-electron chi connectivity index (χ0n) is 13.5. The predicted octanol–water partition coefficient (Wildman–Crippen LogP) is 2.23. The van der Waals surface area contributed by atoms with E-state index in [1.807, 2.05) is 35.4 Å². The first kappa shape index (κ1) is 15.6. The van der Waals surface area contributed by atoms with E-state index < -0.39 is 6.04 Å². The number of H-pyrrole nitrogens is 1. The fourth-order valence-corrected chi connectivity index (χ4v) is 3.17. The van der Waals surface area contributed by atoms with Gasteiger partial charge >= 0.3 is 0 Å². The zero-order valence-corrected chi connectivity index (χ0v) is 13.5. The van der Waals surface area contributed by atoms with Crippen LogP contribution in [0.2, 0.25) is 0 Å². The number of likely N-dealkylation sites (tertiary alicyclic amines) is 1. The number of hydrogen-bond acceptors (Lipinski definition) is 2. The van der Waals surface area contributed by atoms with Crippen LogP contribution in [0.4, 0.5) is 0 Å². The van der Waals surface area contributed by atoms with Gasteiger partial charge in [0.15, 0.2) is 0 Å². The van der Waals surface area contributed by atoms with Crippen LogP contribution in [0.3, 0.4) is 0 Å². The van der Waals surface area contributed by atoms with Crippen LogP contribution < -0.4 is 5.32 Å². The normalized spacial score (nSPS) is 15.8. The Kier molecular flexibility index (Phi) is 4.65. The average Bonchev–Trinajstić information content (AvgIpc) is 3.23. The van der Waals surface area contributed by atoms with E-state index in [1.54, 1.807) is 6.92 Å². The molecule has 1 aliphatic rings. The Balaban J connectivity index is 1.82. The van der Waals surface area contributed by atoms with E-state index >= 15 is 0 Å². The summed E-state index contributed by atoms with van der Waals surface area (Å²) in [5.74, 6) is -0.0445. The number of benzene rings is 1. The van der Waals surface area contributed by atoms with Crippen molar-refractivity contribution in [1.82, 2.24) is 15.2 Å². The van der Waals surface area contributed by atoms with Gasteiger partial charge in [0.2, 0.25) is 11.8 Å². The molecule has 5 nitrogen and oxygen atoms in total. The fourth-order valence-electron chi connectivity index (χ4n) is 3.17. The number of fused-ring (bicyclic) bond motifs is 1. The Hall–Kier alpha value is -2.30. The van der Waals surface area contributed by atoms with E-state index in [9.17, 15) is 9.59 Å². The smallest absolute Gasteiger partial charge is 0.245 e. The quantitative estimate of drug-likeness (QED) is 0.889. The number of hydrogen-bond donors (Lipinski definition) is 2. The van der Waals surface area contributed by atoms with E-state index in [2.05, 4.69) is 10.3 Å². The third-order valence-corrected chi connectivity index (χ3v) is 4.47. The number of para-hydroxylation sites is 1. The van der Waals surface area contributed by atoms with E-state index in [4.69, 9.17) is 0 Å². The minimum atomic E-state index is -0.486. The molecule has 23 heavy (non-hydrogen) atoms.